The predicted octanol–water partition coefficient (Wildman–Crippen LogP) is 3.69. The molecule has 1 aliphatic carbocycles. The minimum atomic E-state index is -0.661. The molecule has 19 heavy (non-hydrogen) atoms. The second-order valence-corrected chi connectivity index (χ2v) is 5.51. The van der Waals surface area contributed by atoms with Gasteiger partial charge in [0.25, 0.3) is 0 Å². The van der Waals surface area contributed by atoms with Crippen LogP contribution in [0, 0.1) is 5.92 Å². The Morgan fingerprint density at radius 3 is 2.37 bits per heavy atom. The van der Waals surface area contributed by atoms with Gasteiger partial charge in [-0.05, 0) is 55.7 Å². The van der Waals surface area contributed by atoms with Crippen molar-refractivity contribution in [3.63, 3.8) is 0 Å². The molecular formula is C16H23NO2. The topological polar surface area (TPSA) is 49.3 Å². The first kappa shape index (κ1) is 13.9. The summed E-state index contributed by atoms with van der Waals surface area (Å²) in [5, 5.41) is 12.4. The third kappa shape index (κ3) is 4.27. The van der Waals surface area contributed by atoms with Gasteiger partial charge in [0.15, 0.2) is 0 Å². The lowest BCUT2D eigenvalue weighted by Gasteiger charge is -2.29. The summed E-state index contributed by atoms with van der Waals surface area (Å²) in [6.07, 6.45) is 5.60. The number of benzene rings is 1. The van der Waals surface area contributed by atoms with Gasteiger partial charge in [0.2, 0.25) is 0 Å². The number of hydrogen-bond donors (Lipinski definition) is 2. The lowest BCUT2D eigenvalue weighted by molar-refractivity contribution is -0.138. The lowest BCUT2D eigenvalue weighted by Crippen LogP contribution is -2.27. The second-order valence-electron chi connectivity index (χ2n) is 5.51. The Bertz CT molecular complexity index is 405. The fourth-order valence-electron chi connectivity index (χ4n) is 2.83. The van der Waals surface area contributed by atoms with Crippen molar-refractivity contribution >= 4 is 11.7 Å². The lowest BCUT2D eigenvalue weighted by atomic mass is 9.84. The Balaban J connectivity index is 1.80. The van der Waals surface area contributed by atoms with Crippen LogP contribution in [0.1, 0.15) is 44.6 Å². The van der Waals surface area contributed by atoms with Gasteiger partial charge in [-0.15, -0.1) is 0 Å². The first-order chi connectivity index (χ1) is 9.17. The molecule has 0 spiro atoms. The van der Waals surface area contributed by atoms with Crippen LogP contribution in [-0.4, -0.2) is 17.1 Å². The minimum Gasteiger partial charge on any atom is -0.481 e. The molecule has 0 bridgehead atoms. The summed E-state index contributed by atoms with van der Waals surface area (Å²) in [4.78, 5) is 10.7. The van der Waals surface area contributed by atoms with E-state index in [1.807, 2.05) is 0 Å². The summed E-state index contributed by atoms with van der Waals surface area (Å²) in [6.45, 7) is 2.16. The van der Waals surface area contributed by atoms with Crippen molar-refractivity contribution < 1.29 is 9.90 Å². The Labute approximate surface area is 115 Å². The number of anilines is 1. The molecule has 104 valence electrons. The van der Waals surface area contributed by atoms with Crippen molar-refractivity contribution in [2.75, 3.05) is 5.32 Å². The van der Waals surface area contributed by atoms with Crippen LogP contribution in [0.2, 0.25) is 0 Å². The van der Waals surface area contributed by atoms with Crippen LogP contribution in [0.5, 0.6) is 0 Å². The quantitative estimate of drug-likeness (QED) is 0.849. The highest BCUT2D eigenvalue weighted by atomic mass is 16.4. The molecule has 1 aromatic rings. The number of aryl methyl sites for hydroxylation is 1. The summed E-state index contributed by atoms with van der Waals surface area (Å²) in [7, 11) is 0. The van der Waals surface area contributed by atoms with Gasteiger partial charge in [0, 0.05) is 18.2 Å². The molecule has 2 N–H and O–H groups in total. The fraction of sp³-hybridized carbons (Fsp3) is 0.562. The SMILES string of the molecule is CCc1ccc(NC2CCC(CC(=O)O)CC2)cc1. The van der Waals surface area contributed by atoms with E-state index in [1.165, 1.54) is 11.3 Å². The zero-order valence-corrected chi connectivity index (χ0v) is 11.6. The number of nitrogens with one attached hydrogen (secondary N) is 1. The molecular weight excluding hydrogens is 238 g/mol. The molecule has 0 aromatic heterocycles. The normalized spacial score (nSPS) is 23.0. The average Bonchev–Trinajstić information content (AvgIpc) is 2.41. The van der Waals surface area contributed by atoms with E-state index in [1.54, 1.807) is 0 Å². The molecule has 1 fully saturated rings. The number of aliphatic carboxylic acids is 1. The minimum absolute atomic E-state index is 0.331. The molecule has 0 heterocycles. The molecule has 0 radical (unpaired) electrons. The van der Waals surface area contributed by atoms with Crippen LogP contribution in [0.4, 0.5) is 5.69 Å². The smallest absolute Gasteiger partial charge is 0.303 e. The number of rotatable bonds is 5. The van der Waals surface area contributed by atoms with E-state index >= 15 is 0 Å². The molecule has 3 nitrogen and oxygen atoms in total. The molecule has 0 unspecified atom stereocenters. The third-order valence-electron chi connectivity index (χ3n) is 4.04. The molecule has 3 heteroatoms. The number of hydrogen-bond acceptors (Lipinski definition) is 2. The van der Waals surface area contributed by atoms with Gasteiger partial charge in [-0.2, -0.15) is 0 Å². The summed E-state index contributed by atoms with van der Waals surface area (Å²) in [6, 6.07) is 9.11. The van der Waals surface area contributed by atoms with Gasteiger partial charge in [-0.25, -0.2) is 0 Å². The maximum atomic E-state index is 10.7. The van der Waals surface area contributed by atoms with E-state index in [-0.39, 0.29) is 0 Å². The summed E-state index contributed by atoms with van der Waals surface area (Å²) < 4.78 is 0. The van der Waals surface area contributed by atoms with Crippen molar-refractivity contribution in [1.82, 2.24) is 0 Å². The highest BCUT2D eigenvalue weighted by molar-refractivity contribution is 5.67. The van der Waals surface area contributed by atoms with Crippen LogP contribution in [-0.2, 0) is 11.2 Å². The first-order valence-electron chi connectivity index (χ1n) is 7.24. The van der Waals surface area contributed by atoms with Crippen molar-refractivity contribution in [2.45, 2.75) is 51.5 Å². The fourth-order valence-corrected chi connectivity index (χ4v) is 2.83. The van der Waals surface area contributed by atoms with Crippen LogP contribution >= 0.6 is 0 Å². The highest BCUT2D eigenvalue weighted by Gasteiger charge is 2.22. The molecule has 1 aromatic carbocycles. The zero-order valence-electron chi connectivity index (χ0n) is 11.6. The second kappa shape index (κ2) is 6.60. The largest absolute Gasteiger partial charge is 0.481 e. The van der Waals surface area contributed by atoms with Gasteiger partial charge in [-0.1, -0.05) is 19.1 Å². The first-order valence-corrected chi connectivity index (χ1v) is 7.24. The van der Waals surface area contributed by atoms with E-state index in [0.717, 1.165) is 32.1 Å². The van der Waals surface area contributed by atoms with Crippen molar-refractivity contribution in [3.8, 4) is 0 Å². The van der Waals surface area contributed by atoms with Crippen LogP contribution in [0.25, 0.3) is 0 Å². The van der Waals surface area contributed by atoms with Gasteiger partial charge in [-0.3, -0.25) is 4.79 Å². The zero-order chi connectivity index (χ0) is 13.7. The number of carboxylic acids is 1. The summed E-state index contributed by atoms with van der Waals surface area (Å²) in [5.74, 6) is -0.287. The van der Waals surface area contributed by atoms with Gasteiger partial charge in [0.1, 0.15) is 0 Å². The van der Waals surface area contributed by atoms with Crippen LogP contribution < -0.4 is 5.32 Å². The summed E-state index contributed by atoms with van der Waals surface area (Å²) in [5.41, 5.74) is 2.54. The van der Waals surface area contributed by atoms with E-state index in [0.29, 0.717) is 18.4 Å². The van der Waals surface area contributed by atoms with Gasteiger partial charge in [0.05, 0.1) is 0 Å². The summed E-state index contributed by atoms with van der Waals surface area (Å²) >= 11 is 0. The van der Waals surface area contributed by atoms with Gasteiger partial charge < -0.3 is 10.4 Å². The monoisotopic (exact) mass is 261 g/mol. The number of carboxylic acid groups (broad SMARTS) is 1. The standard InChI is InChI=1S/C16H23NO2/c1-2-12-3-7-14(8-4-12)17-15-9-5-13(6-10-15)11-16(18)19/h3-4,7-8,13,15,17H,2,5-6,9-11H2,1H3,(H,18,19). The third-order valence-corrected chi connectivity index (χ3v) is 4.04. The van der Waals surface area contributed by atoms with Crippen LogP contribution in [0.15, 0.2) is 24.3 Å². The molecule has 2 rings (SSSR count). The highest BCUT2D eigenvalue weighted by Crippen LogP contribution is 2.28. The van der Waals surface area contributed by atoms with Crippen molar-refractivity contribution in [2.24, 2.45) is 5.92 Å². The van der Waals surface area contributed by atoms with Crippen LogP contribution in [0.3, 0.4) is 0 Å². The molecule has 0 amide bonds. The molecule has 0 atom stereocenters. The Hall–Kier alpha value is -1.51. The van der Waals surface area contributed by atoms with E-state index in [9.17, 15) is 4.79 Å². The number of carbonyl (C=O) groups is 1. The molecule has 1 aliphatic rings. The van der Waals surface area contributed by atoms with E-state index in [2.05, 4.69) is 36.5 Å². The molecule has 0 saturated heterocycles. The average molecular weight is 261 g/mol. The molecule has 0 aliphatic heterocycles. The Morgan fingerprint density at radius 2 is 1.84 bits per heavy atom. The maximum absolute atomic E-state index is 10.7. The predicted molar refractivity (Wildman–Crippen MR) is 77.4 cm³/mol. The van der Waals surface area contributed by atoms with Crippen molar-refractivity contribution in [1.29, 1.82) is 0 Å². The van der Waals surface area contributed by atoms with Crippen molar-refractivity contribution in [3.05, 3.63) is 29.8 Å². The molecule has 1 saturated carbocycles. The maximum Gasteiger partial charge on any atom is 0.303 e. The van der Waals surface area contributed by atoms with Gasteiger partial charge >= 0.3 is 5.97 Å². The van der Waals surface area contributed by atoms with E-state index < -0.39 is 5.97 Å². The Kier molecular flexibility index (Phi) is 4.83. The Morgan fingerprint density at radius 1 is 1.21 bits per heavy atom. The van der Waals surface area contributed by atoms with E-state index in [4.69, 9.17) is 5.11 Å².